The molecule has 3 aromatic rings. The van der Waals surface area contributed by atoms with E-state index in [-0.39, 0.29) is 11.7 Å². The van der Waals surface area contributed by atoms with Crippen molar-refractivity contribution in [2.75, 3.05) is 13.2 Å². The fourth-order valence-corrected chi connectivity index (χ4v) is 5.34. The minimum Gasteiger partial charge on any atom is -0.872 e. The molecule has 1 amide bonds. The zero-order valence-electron chi connectivity index (χ0n) is 22.5. The van der Waals surface area contributed by atoms with Gasteiger partial charge in [0, 0.05) is 25.0 Å². The van der Waals surface area contributed by atoms with E-state index in [1.165, 1.54) is 0 Å². The predicted molar refractivity (Wildman–Crippen MR) is 144 cm³/mol. The fourth-order valence-electron chi connectivity index (χ4n) is 5.34. The van der Waals surface area contributed by atoms with E-state index in [4.69, 9.17) is 9.47 Å². The molecule has 1 aromatic heterocycles. The highest BCUT2D eigenvalue weighted by Crippen LogP contribution is 2.40. The van der Waals surface area contributed by atoms with Gasteiger partial charge in [0.05, 0.1) is 19.2 Å². The van der Waals surface area contributed by atoms with Gasteiger partial charge in [-0.15, -0.1) is 0 Å². The standard InChI is InChI=1S/C31H35N3O5/c1-3-4-5-17-38-25-10-7-22(8-11-25)28-27(29(35)23-9-12-26-24(19-23)18-21(2)39-26)30(36)31(37)34(28)15-6-14-33-16-13-32-20-33/h7-13,16,19-21,28H,3-6,14-15,17-18H2,1-2H3,(H,35,36). The zero-order valence-corrected chi connectivity index (χ0v) is 22.5. The lowest BCUT2D eigenvalue weighted by molar-refractivity contribution is -0.695. The Morgan fingerprint density at radius 1 is 1.15 bits per heavy atom. The number of fused-ring (bicyclic) bond motifs is 1. The first kappa shape index (κ1) is 26.5. The minimum atomic E-state index is -0.758. The van der Waals surface area contributed by atoms with E-state index < -0.39 is 23.5 Å². The van der Waals surface area contributed by atoms with Crippen molar-refractivity contribution in [3.8, 4) is 11.5 Å². The van der Waals surface area contributed by atoms with Gasteiger partial charge in [-0.1, -0.05) is 43.7 Å². The number of hydrogen-bond acceptors (Lipinski definition) is 5. The molecule has 8 nitrogen and oxygen atoms in total. The van der Waals surface area contributed by atoms with E-state index in [2.05, 4.69) is 11.9 Å². The minimum absolute atomic E-state index is 0.00201. The number of amides is 1. The molecule has 39 heavy (non-hydrogen) atoms. The van der Waals surface area contributed by atoms with Crippen LogP contribution in [0.3, 0.4) is 0 Å². The van der Waals surface area contributed by atoms with Crippen LogP contribution < -0.4 is 19.1 Å². The number of rotatable bonds is 11. The number of aromatic nitrogens is 2. The van der Waals surface area contributed by atoms with E-state index in [1.54, 1.807) is 23.1 Å². The summed E-state index contributed by atoms with van der Waals surface area (Å²) in [5.74, 6) is -0.304. The average molecular weight is 530 g/mol. The Labute approximate surface area is 228 Å². The third kappa shape index (κ3) is 5.70. The normalized spacial score (nSPS) is 19.8. The number of ketones is 1. The van der Waals surface area contributed by atoms with Crippen molar-refractivity contribution in [3.63, 3.8) is 0 Å². The number of carbonyl (C=O) groups excluding carboxylic acids is 2. The lowest BCUT2D eigenvalue weighted by Gasteiger charge is -2.27. The Kier molecular flexibility index (Phi) is 8.00. The van der Waals surface area contributed by atoms with E-state index in [0.29, 0.717) is 43.7 Å². The van der Waals surface area contributed by atoms with Crippen molar-refractivity contribution in [1.29, 1.82) is 0 Å². The number of unbranched alkanes of at least 4 members (excludes halogenated alkanes) is 2. The summed E-state index contributed by atoms with van der Waals surface area (Å²) in [4.78, 5) is 31.2. The summed E-state index contributed by atoms with van der Waals surface area (Å²) in [7, 11) is 0. The molecular formula is C31H35N3O5. The molecule has 5 rings (SSSR count). The van der Waals surface area contributed by atoms with E-state index >= 15 is 0 Å². The molecule has 0 spiro atoms. The number of imidazole rings is 1. The number of nitrogens with zero attached hydrogens (tertiary/aromatic N) is 2. The first-order valence-corrected chi connectivity index (χ1v) is 13.8. The third-order valence-corrected chi connectivity index (χ3v) is 7.32. The number of aromatic amines is 1. The molecule has 8 heteroatoms. The Balaban J connectivity index is 1.46. The topological polar surface area (TPSA) is 98.6 Å². The van der Waals surface area contributed by atoms with Crippen LogP contribution in [0.2, 0.25) is 0 Å². The molecule has 0 radical (unpaired) electrons. The van der Waals surface area contributed by atoms with Gasteiger partial charge in [0.15, 0.2) is 0 Å². The maximum atomic E-state index is 13.8. The number of nitrogens with one attached hydrogen (secondary N) is 1. The monoisotopic (exact) mass is 529 g/mol. The molecule has 2 aromatic carbocycles. The summed E-state index contributed by atoms with van der Waals surface area (Å²) in [6.07, 6.45) is 10.1. The Morgan fingerprint density at radius 2 is 1.97 bits per heavy atom. The highest BCUT2D eigenvalue weighted by atomic mass is 16.5. The quantitative estimate of drug-likeness (QED) is 0.135. The molecule has 0 aliphatic carbocycles. The van der Waals surface area contributed by atoms with Crippen LogP contribution in [-0.4, -0.2) is 40.8 Å². The van der Waals surface area contributed by atoms with Crippen LogP contribution >= 0.6 is 0 Å². The number of benzene rings is 2. The van der Waals surface area contributed by atoms with Crippen molar-refractivity contribution in [2.45, 2.75) is 64.6 Å². The largest absolute Gasteiger partial charge is 0.872 e. The summed E-state index contributed by atoms with van der Waals surface area (Å²) in [6, 6.07) is 11.9. The molecule has 1 saturated heterocycles. The maximum Gasteiger partial charge on any atom is 0.295 e. The van der Waals surface area contributed by atoms with Gasteiger partial charge in [-0.05, 0) is 54.3 Å². The average Bonchev–Trinajstić information content (AvgIpc) is 3.65. The van der Waals surface area contributed by atoms with Crippen molar-refractivity contribution in [3.05, 3.63) is 83.4 Å². The van der Waals surface area contributed by atoms with Crippen molar-refractivity contribution in [1.82, 2.24) is 9.88 Å². The van der Waals surface area contributed by atoms with E-state index in [0.717, 1.165) is 36.3 Å². The number of H-pyrrole nitrogens is 1. The van der Waals surface area contributed by atoms with Crippen molar-refractivity contribution in [2.24, 2.45) is 0 Å². The summed E-state index contributed by atoms with van der Waals surface area (Å²) >= 11 is 0. The van der Waals surface area contributed by atoms with E-state index in [1.807, 2.05) is 54.5 Å². The number of ether oxygens (including phenoxy) is 2. The molecule has 0 bridgehead atoms. The van der Waals surface area contributed by atoms with Gasteiger partial charge in [0.25, 0.3) is 5.91 Å². The number of hydrogen-bond donors (Lipinski definition) is 1. The lowest BCUT2D eigenvalue weighted by Crippen LogP contribution is -2.36. The maximum absolute atomic E-state index is 13.8. The molecule has 1 N–H and O–H groups in total. The molecule has 2 aliphatic heterocycles. The van der Waals surface area contributed by atoms with Gasteiger partial charge in [-0.2, -0.15) is 0 Å². The third-order valence-electron chi connectivity index (χ3n) is 7.32. The lowest BCUT2D eigenvalue weighted by atomic mass is 9.94. The first-order valence-electron chi connectivity index (χ1n) is 13.8. The molecule has 204 valence electrons. The summed E-state index contributed by atoms with van der Waals surface area (Å²) < 4.78 is 13.6. The smallest absolute Gasteiger partial charge is 0.295 e. The molecular weight excluding hydrogens is 494 g/mol. The Hall–Kier alpha value is -4.07. The molecule has 2 unspecified atom stereocenters. The fraction of sp³-hybridized carbons (Fsp3) is 0.387. The number of aryl methyl sites for hydroxylation is 1. The summed E-state index contributed by atoms with van der Waals surface area (Å²) in [5, 5.41) is 13.8. The molecule has 3 heterocycles. The van der Waals surface area contributed by atoms with Gasteiger partial charge in [0.1, 0.15) is 30.0 Å². The van der Waals surface area contributed by atoms with Crippen LogP contribution in [0, 0.1) is 0 Å². The molecule has 1 fully saturated rings. The van der Waals surface area contributed by atoms with Crippen LogP contribution in [0.1, 0.15) is 62.3 Å². The van der Waals surface area contributed by atoms with Gasteiger partial charge in [0.2, 0.25) is 12.1 Å². The SMILES string of the molecule is CCCCCOc1ccc(C2/C(=C(\[O-])c3ccc4c(c3)CC(C)O4)C(=O)C(=O)N2CCC[n+]2cc[nH]c2)cc1. The molecule has 2 aliphatic rings. The second kappa shape index (κ2) is 11.8. The van der Waals surface area contributed by atoms with Crippen LogP contribution in [0.4, 0.5) is 0 Å². The van der Waals surface area contributed by atoms with Crippen LogP contribution in [-0.2, 0) is 22.6 Å². The van der Waals surface area contributed by atoms with Gasteiger partial charge < -0.3 is 19.5 Å². The zero-order chi connectivity index (χ0) is 27.4. The van der Waals surface area contributed by atoms with Crippen LogP contribution in [0.5, 0.6) is 11.5 Å². The molecule has 2 atom stereocenters. The highest BCUT2D eigenvalue weighted by molar-refractivity contribution is 6.46. The molecule has 0 saturated carbocycles. The summed E-state index contributed by atoms with van der Waals surface area (Å²) in [5.41, 5.74) is 2.05. The van der Waals surface area contributed by atoms with Crippen molar-refractivity contribution < 1.29 is 28.7 Å². The highest BCUT2D eigenvalue weighted by Gasteiger charge is 2.44. The number of likely N-dealkylation sites (tertiary alicyclic amines) is 1. The van der Waals surface area contributed by atoms with Gasteiger partial charge in [-0.25, -0.2) is 4.57 Å². The Bertz CT molecular complexity index is 1350. The van der Waals surface area contributed by atoms with Gasteiger partial charge in [-0.3, -0.25) is 14.6 Å². The summed E-state index contributed by atoms with van der Waals surface area (Å²) in [6.45, 7) is 5.77. The van der Waals surface area contributed by atoms with Gasteiger partial charge >= 0.3 is 0 Å². The predicted octanol–water partition coefficient (Wildman–Crippen LogP) is 3.51. The van der Waals surface area contributed by atoms with E-state index in [9.17, 15) is 14.7 Å². The van der Waals surface area contributed by atoms with Crippen molar-refractivity contribution >= 4 is 17.4 Å². The number of carbonyl (C=O) groups is 2. The number of Topliss-reactive ketones (excluding diaryl/α,β-unsaturated/α-hetero) is 1. The Morgan fingerprint density at radius 3 is 2.72 bits per heavy atom. The second-order valence-corrected chi connectivity index (χ2v) is 10.3. The van der Waals surface area contributed by atoms with Crippen LogP contribution in [0.15, 0.2) is 66.8 Å². The first-order chi connectivity index (χ1) is 19.0. The van der Waals surface area contributed by atoms with Crippen LogP contribution in [0.25, 0.3) is 5.76 Å². The second-order valence-electron chi connectivity index (χ2n) is 10.3.